The van der Waals surface area contributed by atoms with E-state index in [1.165, 1.54) is 18.9 Å². The molecule has 26 heavy (non-hydrogen) atoms. The number of aromatic nitrogens is 3. The van der Waals surface area contributed by atoms with Gasteiger partial charge in [0.2, 0.25) is 5.95 Å². The Morgan fingerprint density at radius 3 is 2.69 bits per heavy atom. The zero-order valence-electron chi connectivity index (χ0n) is 14.8. The van der Waals surface area contributed by atoms with Crippen LogP contribution in [0, 0.1) is 13.8 Å². The molecule has 0 aliphatic carbocycles. The second-order valence-electron chi connectivity index (χ2n) is 5.74. The third-order valence-electron chi connectivity index (χ3n) is 3.97. The first kappa shape index (κ1) is 17.3. The predicted octanol–water partition coefficient (Wildman–Crippen LogP) is 3.76. The van der Waals surface area contributed by atoms with Gasteiger partial charge in [-0.2, -0.15) is 10.1 Å². The summed E-state index contributed by atoms with van der Waals surface area (Å²) in [6.45, 7) is 4.08. The van der Waals surface area contributed by atoms with Gasteiger partial charge in [0.05, 0.1) is 18.9 Å². The van der Waals surface area contributed by atoms with Crippen LogP contribution >= 0.6 is 0 Å². The number of rotatable bonds is 5. The summed E-state index contributed by atoms with van der Waals surface area (Å²) in [6.07, 6.45) is 1.51. The van der Waals surface area contributed by atoms with Crippen molar-refractivity contribution in [3.8, 4) is 0 Å². The number of esters is 1. The Morgan fingerprint density at radius 1 is 1.08 bits per heavy atom. The van der Waals surface area contributed by atoms with Crippen LogP contribution in [0.2, 0.25) is 0 Å². The first-order valence-electron chi connectivity index (χ1n) is 8.05. The molecule has 0 aliphatic rings. The van der Waals surface area contributed by atoms with Crippen molar-refractivity contribution in [3.05, 3.63) is 65.4 Å². The van der Waals surface area contributed by atoms with Crippen molar-refractivity contribution in [2.45, 2.75) is 13.8 Å². The van der Waals surface area contributed by atoms with Gasteiger partial charge in [-0.05, 0) is 49.2 Å². The van der Waals surface area contributed by atoms with E-state index in [4.69, 9.17) is 4.74 Å². The lowest BCUT2D eigenvalue weighted by Gasteiger charge is -2.11. The smallest absolute Gasteiger partial charge is 0.337 e. The highest BCUT2D eigenvalue weighted by atomic mass is 16.5. The van der Waals surface area contributed by atoms with Crippen molar-refractivity contribution < 1.29 is 9.53 Å². The van der Waals surface area contributed by atoms with Gasteiger partial charge in [0.25, 0.3) is 0 Å². The summed E-state index contributed by atoms with van der Waals surface area (Å²) in [6, 6.07) is 12.9. The van der Waals surface area contributed by atoms with Crippen molar-refractivity contribution in [2.75, 3.05) is 17.7 Å². The molecule has 0 radical (unpaired) electrons. The maximum atomic E-state index is 11.6. The van der Waals surface area contributed by atoms with Crippen LogP contribution in [0.4, 0.5) is 23.1 Å². The number of benzene rings is 2. The number of aryl methyl sites for hydroxylation is 1. The standard InChI is InChI=1S/C19H19N5O2/c1-12-6-4-9-16(13(12)2)22-19-23-17(11-20-24-19)21-15-8-5-7-14(10-15)18(25)26-3/h4-11H,1-3H3,(H2,21,22,23,24). The molecule has 7 nitrogen and oxygen atoms in total. The number of ether oxygens (including phenoxy) is 1. The molecule has 2 aromatic carbocycles. The average Bonchev–Trinajstić information content (AvgIpc) is 2.65. The number of carbonyl (C=O) groups is 1. The van der Waals surface area contributed by atoms with E-state index in [-0.39, 0.29) is 0 Å². The van der Waals surface area contributed by atoms with Gasteiger partial charge in [-0.1, -0.05) is 18.2 Å². The number of anilines is 4. The minimum Gasteiger partial charge on any atom is -0.465 e. The van der Waals surface area contributed by atoms with E-state index in [2.05, 4.69) is 25.8 Å². The second kappa shape index (κ2) is 7.60. The van der Waals surface area contributed by atoms with E-state index in [1.807, 2.05) is 38.1 Å². The van der Waals surface area contributed by atoms with Crippen LogP contribution in [0.5, 0.6) is 0 Å². The van der Waals surface area contributed by atoms with Gasteiger partial charge in [0, 0.05) is 11.4 Å². The summed E-state index contributed by atoms with van der Waals surface area (Å²) in [4.78, 5) is 16.1. The number of nitrogens with one attached hydrogen (secondary N) is 2. The minimum atomic E-state index is -0.397. The van der Waals surface area contributed by atoms with E-state index in [9.17, 15) is 4.79 Å². The Bertz CT molecular complexity index is 943. The van der Waals surface area contributed by atoms with E-state index in [0.717, 1.165) is 11.3 Å². The third kappa shape index (κ3) is 3.94. The van der Waals surface area contributed by atoms with Crippen molar-refractivity contribution in [2.24, 2.45) is 0 Å². The minimum absolute atomic E-state index is 0.382. The summed E-state index contributed by atoms with van der Waals surface area (Å²) >= 11 is 0. The van der Waals surface area contributed by atoms with Crippen molar-refractivity contribution in [1.29, 1.82) is 0 Å². The van der Waals surface area contributed by atoms with Crippen molar-refractivity contribution in [3.63, 3.8) is 0 Å². The lowest BCUT2D eigenvalue weighted by atomic mass is 10.1. The van der Waals surface area contributed by atoms with Gasteiger partial charge >= 0.3 is 5.97 Å². The molecule has 0 unspecified atom stereocenters. The summed E-state index contributed by atoms with van der Waals surface area (Å²) in [7, 11) is 1.35. The topological polar surface area (TPSA) is 89.0 Å². The van der Waals surface area contributed by atoms with Gasteiger partial charge in [0.1, 0.15) is 0 Å². The second-order valence-corrected chi connectivity index (χ2v) is 5.74. The molecule has 0 atom stereocenters. The molecule has 1 heterocycles. The fourth-order valence-corrected chi connectivity index (χ4v) is 2.41. The van der Waals surface area contributed by atoms with E-state index in [0.29, 0.717) is 23.0 Å². The number of nitrogens with zero attached hydrogens (tertiary/aromatic N) is 3. The number of hydrogen-bond donors (Lipinski definition) is 2. The molecule has 0 bridgehead atoms. The predicted molar refractivity (Wildman–Crippen MR) is 100 cm³/mol. The van der Waals surface area contributed by atoms with Crippen LogP contribution < -0.4 is 10.6 Å². The zero-order valence-corrected chi connectivity index (χ0v) is 14.8. The van der Waals surface area contributed by atoms with Gasteiger partial charge in [-0.3, -0.25) is 0 Å². The lowest BCUT2D eigenvalue weighted by molar-refractivity contribution is 0.0601. The molecule has 0 amide bonds. The molecule has 2 N–H and O–H groups in total. The number of methoxy groups -OCH3 is 1. The van der Waals surface area contributed by atoms with Gasteiger partial charge in [-0.15, -0.1) is 5.10 Å². The maximum Gasteiger partial charge on any atom is 0.337 e. The maximum absolute atomic E-state index is 11.6. The Hall–Kier alpha value is -3.48. The van der Waals surface area contributed by atoms with Crippen LogP contribution in [0.3, 0.4) is 0 Å². The summed E-state index contributed by atoms with van der Waals surface area (Å²) in [5.41, 5.74) is 4.38. The molecule has 0 saturated heterocycles. The Kier molecular flexibility index (Phi) is 5.07. The molecule has 0 aliphatic heterocycles. The first-order valence-corrected chi connectivity index (χ1v) is 8.05. The highest BCUT2D eigenvalue weighted by molar-refractivity contribution is 5.90. The molecular weight excluding hydrogens is 330 g/mol. The Morgan fingerprint density at radius 2 is 1.88 bits per heavy atom. The van der Waals surface area contributed by atoms with Gasteiger partial charge in [0.15, 0.2) is 5.82 Å². The van der Waals surface area contributed by atoms with Crippen LogP contribution in [0.15, 0.2) is 48.7 Å². The summed E-state index contributed by atoms with van der Waals surface area (Å²) < 4.78 is 4.73. The molecule has 132 valence electrons. The molecule has 0 saturated carbocycles. The van der Waals surface area contributed by atoms with E-state index >= 15 is 0 Å². The SMILES string of the molecule is COC(=O)c1cccc(Nc2cnnc(Nc3cccc(C)c3C)n2)c1. The lowest BCUT2D eigenvalue weighted by Crippen LogP contribution is -2.05. The van der Waals surface area contributed by atoms with Crippen LogP contribution in [0.25, 0.3) is 0 Å². The average molecular weight is 349 g/mol. The fraction of sp³-hybridized carbons (Fsp3) is 0.158. The molecule has 7 heteroatoms. The molecule has 3 rings (SSSR count). The Labute approximate surface area is 151 Å². The monoisotopic (exact) mass is 349 g/mol. The highest BCUT2D eigenvalue weighted by Gasteiger charge is 2.08. The quantitative estimate of drug-likeness (QED) is 0.678. The zero-order chi connectivity index (χ0) is 18.5. The van der Waals surface area contributed by atoms with Gasteiger partial charge < -0.3 is 15.4 Å². The fourth-order valence-electron chi connectivity index (χ4n) is 2.41. The summed E-state index contributed by atoms with van der Waals surface area (Å²) in [5, 5.41) is 14.3. The summed E-state index contributed by atoms with van der Waals surface area (Å²) in [5.74, 6) is 0.495. The van der Waals surface area contributed by atoms with E-state index < -0.39 is 5.97 Å². The largest absolute Gasteiger partial charge is 0.465 e. The molecule has 3 aromatic rings. The van der Waals surface area contributed by atoms with E-state index in [1.54, 1.807) is 18.2 Å². The Balaban J connectivity index is 1.80. The molecule has 1 aromatic heterocycles. The highest BCUT2D eigenvalue weighted by Crippen LogP contribution is 2.22. The first-order chi connectivity index (χ1) is 12.6. The van der Waals surface area contributed by atoms with Crippen LogP contribution in [-0.2, 0) is 4.74 Å². The van der Waals surface area contributed by atoms with Crippen LogP contribution in [-0.4, -0.2) is 28.3 Å². The van der Waals surface area contributed by atoms with Crippen molar-refractivity contribution in [1.82, 2.24) is 15.2 Å². The third-order valence-corrected chi connectivity index (χ3v) is 3.97. The molecular formula is C19H19N5O2. The van der Waals surface area contributed by atoms with Crippen molar-refractivity contribution >= 4 is 29.1 Å². The molecule has 0 fully saturated rings. The van der Waals surface area contributed by atoms with Gasteiger partial charge in [-0.25, -0.2) is 4.79 Å². The van der Waals surface area contributed by atoms with Crippen LogP contribution in [0.1, 0.15) is 21.5 Å². The number of hydrogen-bond acceptors (Lipinski definition) is 7. The normalized spacial score (nSPS) is 10.3. The molecule has 0 spiro atoms. The number of carbonyl (C=O) groups excluding carboxylic acids is 1.